The molecule has 0 spiro atoms. The number of carbonyl (C=O) groups excluding carboxylic acids is 1. The molecule has 0 aliphatic carbocycles. The summed E-state index contributed by atoms with van der Waals surface area (Å²) in [6.45, 7) is 0.201. The number of aliphatic hydroxyl groups excluding tert-OH is 1. The lowest BCUT2D eigenvalue weighted by Gasteiger charge is -2.11. The number of aromatic amines is 1. The molecule has 0 saturated heterocycles. The summed E-state index contributed by atoms with van der Waals surface area (Å²) < 4.78 is 5.17. The largest absolute Gasteiger partial charge is 0.497 e. The molecule has 124 valence electrons. The van der Waals surface area contributed by atoms with Crippen molar-refractivity contribution in [3.63, 3.8) is 0 Å². The molecule has 0 saturated carbocycles. The number of aliphatic hydroxyl groups is 1. The molecule has 1 amide bonds. The Morgan fingerprint density at radius 1 is 1.21 bits per heavy atom. The van der Waals surface area contributed by atoms with Gasteiger partial charge in [-0.05, 0) is 23.8 Å². The number of hydrogen-bond acceptors (Lipinski definition) is 3. The average molecular weight is 324 g/mol. The molecule has 2 aromatic carbocycles. The summed E-state index contributed by atoms with van der Waals surface area (Å²) in [5.74, 6) is 0.492. The lowest BCUT2D eigenvalue weighted by molar-refractivity contribution is 0.0912. The second-order valence-corrected chi connectivity index (χ2v) is 5.69. The molecule has 3 N–H and O–H groups in total. The molecule has 1 heterocycles. The van der Waals surface area contributed by atoms with E-state index in [1.54, 1.807) is 13.2 Å². The molecule has 0 aliphatic rings. The zero-order valence-electron chi connectivity index (χ0n) is 13.5. The van der Waals surface area contributed by atoms with E-state index in [1.807, 2.05) is 48.5 Å². The molecule has 0 unspecified atom stereocenters. The minimum Gasteiger partial charge on any atom is -0.497 e. The molecule has 1 aromatic heterocycles. The third kappa shape index (κ3) is 3.75. The van der Waals surface area contributed by atoms with Crippen molar-refractivity contribution < 1.29 is 14.6 Å². The molecule has 3 rings (SSSR count). The number of methoxy groups -OCH3 is 1. The average Bonchev–Trinajstić information content (AvgIpc) is 3.03. The minimum absolute atomic E-state index is 0.201. The van der Waals surface area contributed by atoms with Crippen LogP contribution in [0.25, 0.3) is 10.9 Å². The standard InChI is InChI=1S/C19H20N2O3/c1-24-16-8-7-14-10-18(21-17(14)11-16)19(23)20-12-15(22)9-13-5-3-2-4-6-13/h2-8,10-11,15,21-22H,9,12H2,1H3,(H,20,23)/t15-/m0/s1. The van der Waals surface area contributed by atoms with Crippen molar-refractivity contribution in [3.05, 3.63) is 65.9 Å². The van der Waals surface area contributed by atoms with Crippen LogP contribution >= 0.6 is 0 Å². The van der Waals surface area contributed by atoms with Gasteiger partial charge in [0.25, 0.3) is 5.91 Å². The normalized spacial score (nSPS) is 12.1. The van der Waals surface area contributed by atoms with Crippen molar-refractivity contribution in [2.75, 3.05) is 13.7 Å². The number of nitrogens with one attached hydrogen (secondary N) is 2. The molecule has 1 atom stereocenters. The van der Waals surface area contributed by atoms with Crippen LogP contribution in [0.4, 0.5) is 0 Å². The highest BCUT2D eigenvalue weighted by Gasteiger charge is 2.12. The number of amides is 1. The number of rotatable bonds is 6. The van der Waals surface area contributed by atoms with Crippen molar-refractivity contribution in [2.45, 2.75) is 12.5 Å². The maximum Gasteiger partial charge on any atom is 0.267 e. The molecule has 0 fully saturated rings. The van der Waals surface area contributed by atoms with E-state index in [1.165, 1.54) is 0 Å². The van der Waals surface area contributed by atoms with Crippen molar-refractivity contribution in [1.29, 1.82) is 0 Å². The van der Waals surface area contributed by atoms with Gasteiger partial charge in [0.1, 0.15) is 11.4 Å². The second kappa shape index (κ2) is 7.19. The smallest absolute Gasteiger partial charge is 0.267 e. The summed E-state index contributed by atoms with van der Waals surface area (Å²) in [4.78, 5) is 15.3. The quantitative estimate of drug-likeness (QED) is 0.652. The molecule has 5 heteroatoms. The van der Waals surface area contributed by atoms with Crippen LogP contribution in [0.2, 0.25) is 0 Å². The first kappa shape index (κ1) is 16.1. The van der Waals surface area contributed by atoms with E-state index >= 15 is 0 Å². The van der Waals surface area contributed by atoms with E-state index in [2.05, 4.69) is 10.3 Å². The van der Waals surface area contributed by atoms with Crippen LogP contribution in [0.15, 0.2) is 54.6 Å². The van der Waals surface area contributed by atoms with Crippen LogP contribution in [0.5, 0.6) is 5.75 Å². The topological polar surface area (TPSA) is 74.3 Å². The van der Waals surface area contributed by atoms with E-state index in [9.17, 15) is 9.90 Å². The van der Waals surface area contributed by atoms with Gasteiger partial charge in [-0.1, -0.05) is 30.3 Å². The van der Waals surface area contributed by atoms with Crippen molar-refractivity contribution in [1.82, 2.24) is 10.3 Å². The van der Waals surface area contributed by atoms with Crippen LogP contribution in [0.3, 0.4) is 0 Å². The third-order valence-electron chi connectivity index (χ3n) is 3.89. The summed E-state index contributed by atoms with van der Waals surface area (Å²) in [5.41, 5.74) is 2.34. The molecule has 24 heavy (non-hydrogen) atoms. The number of hydrogen-bond donors (Lipinski definition) is 3. The Bertz CT molecular complexity index is 827. The number of fused-ring (bicyclic) bond motifs is 1. The Morgan fingerprint density at radius 2 is 2.00 bits per heavy atom. The second-order valence-electron chi connectivity index (χ2n) is 5.69. The number of H-pyrrole nitrogens is 1. The predicted octanol–water partition coefficient (Wildman–Crippen LogP) is 2.51. The Kier molecular flexibility index (Phi) is 4.82. The fourth-order valence-electron chi connectivity index (χ4n) is 2.62. The fraction of sp³-hybridized carbons (Fsp3) is 0.211. The summed E-state index contributed by atoms with van der Waals surface area (Å²) in [5, 5.41) is 13.8. The number of aromatic nitrogens is 1. The lowest BCUT2D eigenvalue weighted by atomic mass is 10.1. The summed E-state index contributed by atoms with van der Waals surface area (Å²) in [6, 6.07) is 17.1. The van der Waals surface area contributed by atoms with Gasteiger partial charge < -0.3 is 20.1 Å². The molecule has 0 aliphatic heterocycles. The van der Waals surface area contributed by atoms with Crippen LogP contribution < -0.4 is 10.1 Å². The highest BCUT2D eigenvalue weighted by molar-refractivity contribution is 5.98. The first-order valence-corrected chi connectivity index (χ1v) is 7.82. The SMILES string of the molecule is COc1ccc2cc(C(=O)NC[C@@H](O)Cc3ccccc3)[nH]c2c1. The summed E-state index contributed by atoms with van der Waals surface area (Å²) >= 11 is 0. The van der Waals surface area contributed by atoms with Gasteiger partial charge in [0.2, 0.25) is 0 Å². The van der Waals surface area contributed by atoms with Crippen molar-refractivity contribution in [2.24, 2.45) is 0 Å². The van der Waals surface area contributed by atoms with Crippen LogP contribution in [0, 0.1) is 0 Å². The van der Waals surface area contributed by atoms with Gasteiger partial charge in [0.15, 0.2) is 0 Å². The fourth-order valence-corrected chi connectivity index (χ4v) is 2.62. The van der Waals surface area contributed by atoms with Gasteiger partial charge in [0, 0.05) is 29.9 Å². The summed E-state index contributed by atoms with van der Waals surface area (Å²) in [6.07, 6.45) is -0.119. The van der Waals surface area contributed by atoms with E-state index < -0.39 is 6.10 Å². The highest BCUT2D eigenvalue weighted by atomic mass is 16.5. The number of carbonyl (C=O) groups is 1. The van der Waals surface area contributed by atoms with E-state index in [0.717, 1.165) is 22.2 Å². The maximum absolute atomic E-state index is 12.2. The van der Waals surface area contributed by atoms with Gasteiger partial charge in [-0.25, -0.2) is 0 Å². The zero-order chi connectivity index (χ0) is 16.9. The molecule has 0 radical (unpaired) electrons. The van der Waals surface area contributed by atoms with Crippen molar-refractivity contribution >= 4 is 16.8 Å². The third-order valence-corrected chi connectivity index (χ3v) is 3.89. The Hall–Kier alpha value is -2.79. The Labute approximate surface area is 140 Å². The van der Waals surface area contributed by atoms with Gasteiger partial charge >= 0.3 is 0 Å². The van der Waals surface area contributed by atoms with E-state index in [0.29, 0.717) is 12.1 Å². The minimum atomic E-state index is -0.624. The van der Waals surface area contributed by atoms with Crippen LogP contribution in [-0.2, 0) is 6.42 Å². The lowest BCUT2D eigenvalue weighted by Crippen LogP contribution is -2.33. The molecule has 3 aromatic rings. The molecular formula is C19H20N2O3. The van der Waals surface area contributed by atoms with Gasteiger partial charge in [-0.2, -0.15) is 0 Å². The first-order valence-electron chi connectivity index (χ1n) is 7.82. The van der Waals surface area contributed by atoms with E-state index in [4.69, 9.17) is 4.74 Å². The monoisotopic (exact) mass is 324 g/mol. The predicted molar refractivity (Wildman–Crippen MR) is 93.3 cm³/mol. The maximum atomic E-state index is 12.2. The molecule has 0 bridgehead atoms. The van der Waals surface area contributed by atoms with Crippen LogP contribution in [-0.4, -0.2) is 35.8 Å². The highest BCUT2D eigenvalue weighted by Crippen LogP contribution is 2.21. The first-order chi connectivity index (χ1) is 11.7. The zero-order valence-corrected chi connectivity index (χ0v) is 13.5. The van der Waals surface area contributed by atoms with E-state index in [-0.39, 0.29) is 12.5 Å². The van der Waals surface area contributed by atoms with Crippen molar-refractivity contribution in [3.8, 4) is 5.75 Å². The number of benzene rings is 2. The Balaban J connectivity index is 1.60. The van der Waals surface area contributed by atoms with Gasteiger partial charge in [-0.3, -0.25) is 4.79 Å². The molecular weight excluding hydrogens is 304 g/mol. The van der Waals surface area contributed by atoms with Gasteiger partial charge in [-0.15, -0.1) is 0 Å². The van der Waals surface area contributed by atoms with Crippen LogP contribution in [0.1, 0.15) is 16.1 Å². The summed E-state index contributed by atoms with van der Waals surface area (Å²) in [7, 11) is 1.60. The number of ether oxygens (including phenoxy) is 1. The van der Waals surface area contributed by atoms with Gasteiger partial charge in [0.05, 0.1) is 13.2 Å². The Morgan fingerprint density at radius 3 is 2.75 bits per heavy atom. The molecule has 5 nitrogen and oxygen atoms in total.